The minimum atomic E-state index is 0.0263. The normalized spacial score (nSPS) is 12.7. The van der Waals surface area contributed by atoms with Gasteiger partial charge in [0, 0.05) is 25.2 Å². The summed E-state index contributed by atoms with van der Waals surface area (Å²) in [5.74, 6) is 0. The van der Waals surface area contributed by atoms with E-state index >= 15 is 0 Å². The van der Waals surface area contributed by atoms with E-state index in [1.165, 1.54) is 22.4 Å². The number of aromatic nitrogens is 2. The van der Waals surface area contributed by atoms with Crippen molar-refractivity contribution in [2.24, 2.45) is 12.8 Å². The van der Waals surface area contributed by atoms with Gasteiger partial charge in [-0.25, -0.2) is 0 Å². The number of nitrogens with two attached hydrogens (primary N) is 1. The summed E-state index contributed by atoms with van der Waals surface area (Å²) in [7, 11) is 1.97. The van der Waals surface area contributed by atoms with E-state index in [1.54, 1.807) is 0 Å². The van der Waals surface area contributed by atoms with Crippen molar-refractivity contribution in [1.29, 1.82) is 0 Å². The van der Waals surface area contributed by atoms with Crippen molar-refractivity contribution in [3.63, 3.8) is 0 Å². The summed E-state index contributed by atoms with van der Waals surface area (Å²) in [6.45, 7) is 6.22. The fraction of sp³-hybridized carbons (Fsp3) is 0.400. The largest absolute Gasteiger partial charge is 0.324 e. The molecule has 1 atom stereocenters. The van der Waals surface area contributed by atoms with Crippen molar-refractivity contribution in [2.75, 3.05) is 0 Å². The van der Waals surface area contributed by atoms with Crippen LogP contribution in [0.1, 0.15) is 34.1 Å². The molecule has 3 heteroatoms. The van der Waals surface area contributed by atoms with Gasteiger partial charge < -0.3 is 5.73 Å². The van der Waals surface area contributed by atoms with Crippen LogP contribution < -0.4 is 5.73 Å². The van der Waals surface area contributed by atoms with Gasteiger partial charge in [-0.15, -0.1) is 0 Å². The first kappa shape index (κ1) is 12.8. The predicted octanol–water partition coefficient (Wildman–Crippen LogP) is 2.59. The van der Waals surface area contributed by atoms with Gasteiger partial charge in [0.05, 0.1) is 5.69 Å². The maximum Gasteiger partial charge on any atom is 0.0596 e. The first-order valence-electron chi connectivity index (χ1n) is 6.29. The average Bonchev–Trinajstić information content (AvgIpc) is 2.56. The standard InChI is InChI=1S/C15H21N3/c1-10-5-11(2)7-13(6-10)15(16)9-14-8-12(3)17-18(14)4/h5-8,15H,9,16H2,1-4H3. The third-order valence-corrected chi connectivity index (χ3v) is 3.20. The van der Waals surface area contributed by atoms with Crippen LogP contribution in [0.3, 0.4) is 0 Å². The molecule has 1 aromatic heterocycles. The Bertz CT molecular complexity index is 535. The van der Waals surface area contributed by atoms with Crippen LogP contribution >= 0.6 is 0 Å². The summed E-state index contributed by atoms with van der Waals surface area (Å²) in [6.07, 6.45) is 0.820. The Labute approximate surface area is 109 Å². The second kappa shape index (κ2) is 4.94. The molecule has 1 aromatic carbocycles. The Hall–Kier alpha value is -1.61. The molecule has 0 amide bonds. The highest BCUT2D eigenvalue weighted by Crippen LogP contribution is 2.19. The van der Waals surface area contributed by atoms with E-state index in [0.29, 0.717) is 0 Å². The van der Waals surface area contributed by atoms with E-state index in [-0.39, 0.29) is 6.04 Å². The summed E-state index contributed by atoms with van der Waals surface area (Å²) >= 11 is 0. The fourth-order valence-corrected chi connectivity index (χ4v) is 2.42. The predicted molar refractivity (Wildman–Crippen MR) is 74.5 cm³/mol. The molecule has 1 heterocycles. The number of benzene rings is 1. The molecule has 0 bridgehead atoms. The minimum absolute atomic E-state index is 0.0263. The first-order valence-corrected chi connectivity index (χ1v) is 6.29. The molecule has 0 aliphatic rings. The van der Waals surface area contributed by atoms with Crippen molar-refractivity contribution in [3.05, 3.63) is 52.3 Å². The number of aryl methyl sites for hydroxylation is 4. The first-order chi connectivity index (χ1) is 8.45. The fourth-order valence-electron chi connectivity index (χ4n) is 2.42. The molecule has 2 N–H and O–H groups in total. The molecule has 96 valence electrons. The van der Waals surface area contributed by atoms with Crippen LogP contribution in [-0.4, -0.2) is 9.78 Å². The molecule has 0 fully saturated rings. The van der Waals surface area contributed by atoms with E-state index < -0.39 is 0 Å². The maximum atomic E-state index is 6.30. The second-order valence-electron chi connectivity index (χ2n) is 5.13. The molecule has 0 aliphatic carbocycles. The van der Waals surface area contributed by atoms with Crippen molar-refractivity contribution >= 4 is 0 Å². The zero-order valence-corrected chi connectivity index (χ0v) is 11.6. The molecule has 0 radical (unpaired) electrons. The quantitative estimate of drug-likeness (QED) is 0.900. The van der Waals surface area contributed by atoms with Gasteiger partial charge in [0.25, 0.3) is 0 Å². The van der Waals surface area contributed by atoms with E-state index in [1.807, 2.05) is 18.7 Å². The topological polar surface area (TPSA) is 43.8 Å². The van der Waals surface area contributed by atoms with Crippen LogP contribution in [0.2, 0.25) is 0 Å². The van der Waals surface area contributed by atoms with Gasteiger partial charge in [-0.3, -0.25) is 4.68 Å². The van der Waals surface area contributed by atoms with Crippen LogP contribution in [0.25, 0.3) is 0 Å². The summed E-state index contributed by atoms with van der Waals surface area (Å²) < 4.78 is 1.91. The summed E-state index contributed by atoms with van der Waals surface area (Å²) in [5, 5.41) is 4.35. The highest BCUT2D eigenvalue weighted by molar-refractivity contribution is 5.31. The molecule has 0 aliphatic heterocycles. The Morgan fingerprint density at radius 2 is 1.72 bits per heavy atom. The maximum absolute atomic E-state index is 6.30. The lowest BCUT2D eigenvalue weighted by atomic mass is 9.98. The highest BCUT2D eigenvalue weighted by atomic mass is 15.3. The molecule has 18 heavy (non-hydrogen) atoms. The number of hydrogen-bond acceptors (Lipinski definition) is 2. The van der Waals surface area contributed by atoms with Crippen molar-refractivity contribution in [3.8, 4) is 0 Å². The molecular formula is C15H21N3. The molecule has 0 spiro atoms. The third-order valence-electron chi connectivity index (χ3n) is 3.20. The summed E-state index contributed by atoms with van der Waals surface area (Å²) in [5.41, 5.74) is 12.3. The second-order valence-corrected chi connectivity index (χ2v) is 5.13. The Morgan fingerprint density at radius 3 is 2.22 bits per heavy atom. The Kier molecular flexibility index (Phi) is 3.53. The van der Waals surface area contributed by atoms with E-state index in [4.69, 9.17) is 5.73 Å². The summed E-state index contributed by atoms with van der Waals surface area (Å²) in [6, 6.07) is 8.63. The molecule has 2 rings (SSSR count). The molecule has 2 aromatic rings. The third kappa shape index (κ3) is 2.79. The SMILES string of the molecule is Cc1cc(C)cc(C(N)Cc2cc(C)nn2C)c1. The lowest BCUT2D eigenvalue weighted by Gasteiger charge is -2.14. The average molecular weight is 243 g/mol. The van der Waals surface area contributed by atoms with Gasteiger partial charge >= 0.3 is 0 Å². The van der Waals surface area contributed by atoms with Gasteiger partial charge in [-0.2, -0.15) is 5.10 Å². The van der Waals surface area contributed by atoms with Crippen molar-refractivity contribution in [2.45, 2.75) is 33.2 Å². The van der Waals surface area contributed by atoms with Gasteiger partial charge in [-0.05, 0) is 32.4 Å². The number of hydrogen-bond donors (Lipinski definition) is 1. The number of nitrogens with zero attached hydrogens (tertiary/aromatic N) is 2. The van der Waals surface area contributed by atoms with Crippen LogP contribution in [0.15, 0.2) is 24.3 Å². The van der Waals surface area contributed by atoms with Gasteiger partial charge in [0.1, 0.15) is 0 Å². The lowest BCUT2D eigenvalue weighted by Crippen LogP contribution is -2.15. The molecule has 0 saturated carbocycles. The Balaban J connectivity index is 2.21. The van der Waals surface area contributed by atoms with E-state index in [2.05, 4.69) is 43.2 Å². The zero-order valence-electron chi connectivity index (χ0n) is 11.6. The van der Waals surface area contributed by atoms with E-state index in [9.17, 15) is 0 Å². The van der Waals surface area contributed by atoms with E-state index in [0.717, 1.165) is 12.1 Å². The van der Waals surface area contributed by atoms with Crippen LogP contribution in [-0.2, 0) is 13.5 Å². The lowest BCUT2D eigenvalue weighted by molar-refractivity contribution is 0.639. The monoisotopic (exact) mass is 243 g/mol. The van der Waals surface area contributed by atoms with Gasteiger partial charge in [0.15, 0.2) is 0 Å². The Morgan fingerprint density at radius 1 is 1.11 bits per heavy atom. The smallest absolute Gasteiger partial charge is 0.0596 e. The summed E-state index contributed by atoms with van der Waals surface area (Å²) in [4.78, 5) is 0. The molecule has 0 saturated heterocycles. The highest BCUT2D eigenvalue weighted by Gasteiger charge is 2.11. The molecule has 3 nitrogen and oxygen atoms in total. The van der Waals surface area contributed by atoms with Crippen molar-refractivity contribution in [1.82, 2.24) is 9.78 Å². The van der Waals surface area contributed by atoms with Crippen LogP contribution in [0.5, 0.6) is 0 Å². The van der Waals surface area contributed by atoms with Gasteiger partial charge in [-0.1, -0.05) is 29.3 Å². The van der Waals surface area contributed by atoms with Crippen LogP contribution in [0.4, 0.5) is 0 Å². The minimum Gasteiger partial charge on any atom is -0.324 e. The zero-order chi connectivity index (χ0) is 13.3. The molecular weight excluding hydrogens is 222 g/mol. The van der Waals surface area contributed by atoms with Crippen molar-refractivity contribution < 1.29 is 0 Å². The van der Waals surface area contributed by atoms with Crippen LogP contribution in [0, 0.1) is 20.8 Å². The number of rotatable bonds is 3. The van der Waals surface area contributed by atoms with Gasteiger partial charge in [0.2, 0.25) is 0 Å². The molecule has 1 unspecified atom stereocenters.